The number of carbonyl (C=O) groups is 5. The Morgan fingerprint density at radius 2 is 1.28 bits per heavy atom. The molecule has 54 heavy (non-hydrogen) atoms. The van der Waals surface area contributed by atoms with Crippen LogP contribution in [0.4, 0.5) is 18.9 Å². The summed E-state index contributed by atoms with van der Waals surface area (Å²) < 4.78 is 50.3. The molecular weight excluding hydrogens is 709 g/mol. The second kappa shape index (κ2) is 18.7. The largest absolute Gasteiger partial charge is 0.469 e. The van der Waals surface area contributed by atoms with Crippen LogP contribution < -0.4 is 26.9 Å². The molecule has 0 aliphatic carbocycles. The molecule has 0 fully saturated rings. The van der Waals surface area contributed by atoms with Crippen LogP contribution >= 0.6 is 0 Å². The van der Waals surface area contributed by atoms with Crippen LogP contribution in [0.25, 0.3) is 11.0 Å². The molecule has 0 spiro atoms. The van der Waals surface area contributed by atoms with Gasteiger partial charge in [0.05, 0.1) is 19.1 Å². The molecule has 4 rings (SSSR count). The van der Waals surface area contributed by atoms with E-state index in [4.69, 9.17) is 4.42 Å². The Morgan fingerprint density at radius 3 is 1.83 bits per heavy atom. The molecule has 0 unspecified atom stereocenters. The summed E-state index contributed by atoms with van der Waals surface area (Å²) in [7, 11) is 1.19. The molecular formula is C39H41F3N4O8. The number of benzene rings is 3. The fourth-order valence-corrected chi connectivity index (χ4v) is 5.65. The molecule has 0 aliphatic heterocycles. The predicted molar refractivity (Wildman–Crippen MR) is 193 cm³/mol. The van der Waals surface area contributed by atoms with Gasteiger partial charge < -0.3 is 30.4 Å². The van der Waals surface area contributed by atoms with Crippen LogP contribution in [0.1, 0.15) is 49.8 Å². The van der Waals surface area contributed by atoms with Crippen molar-refractivity contribution in [1.29, 1.82) is 0 Å². The summed E-state index contributed by atoms with van der Waals surface area (Å²) in [4.78, 5) is 77.7. The molecule has 1 heterocycles. The smallest absolute Gasteiger partial charge is 0.417 e. The minimum Gasteiger partial charge on any atom is -0.469 e. The maximum absolute atomic E-state index is 13.9. The van der Waals surface area contributed by atoms with E-state index in [1.165, 1.54) is 13.2 Å². The highest BCUT2D eigenvalue weighted by Crippen LogP contribution is 2.34. The maximum atomic E-state index is 13.9. The van der Waals surface area contributed by atoms with Crippen LogP contribution in [-0.2, 0) is 47.7 Å². The van der Waals surface area contributed by atoms with Crippen LogP contribution in [0.2, 0.25) is 0 Å². The van der Waals surface area contributed by atoms with Crippen molar-refractivity contribution in [2.45, 2.75) is 70.3 Å². The molecule has 0 aliphatic rings. The van der Waals surface area contributed by atoms with Gasteiger partial charge in [-0.3, -0.25) is 24.0 Å². The van der Waals surface area contributed by atoms with Gasteiger partial charge in [-0.2, -0.15) is 13.2 Å². The van der Waals surface area contributed by atoms with Crippen molar-refractivity contribution in [2.24, 2.45) is 5.92 Å². The van der Waals surface area contributed by atoms with Gasteiger partial charge in [0.1, 0.15) is 23.7 Å². The number of esters is 1. The summed E-state index contributed by atoms with van der Waals surface area (Å²) in [5.41, 5.74) is -1.43. The summed E-state index contributed by atoms with van der Waals surface area (Å²) in [5, 5.41) is 10.3. The molecule has 3 aromatic carbocycles. The van der Waals surface area contributed by atoms with Crippen molar-refractivity contribution in [3.8, 4) is 0 Å². The van der Waals surface area contributed by atoms with Crippen molar-refractivity contribution in [2.75, 3.05) is 12.4 Å². The van der Waals surface area contributed by atoms with E-state index in [2.05, 4.69) is 26.0 Å². The number of anilines is 1. The lowest BCUT2D eigenvalue weighted by atomic mass is 9.99. The summed E-state index contributed by atoms with van der Waals surface area (Å²) >= 11 is 0. The Hall–Kier alpha value is -5.99. The van der Waals surface area contributed by atoms with Crippen molar-refractivity contribution >= 4 is 46.3 Å². The van der Waals surface area contributed by atoms with E-state index in [0.717, 1.165) is 17.7 Å². The van der Waals surface area contributed by atoms with Gasteiger partial charge in [0.15, 0.2) is 0 Å². The second-order valence-corrected chi connectivity index (χ2v) is 13.0. The van der Waals surface area contributed by atoms with Crippen LogP contribution in [0.5, 0.6) is 0 Å². The summed E-state index contributed by atoms with van der Waals surface area (Å²) in [6.45, 7) is 3.66. The standard InChI is InChI=1S/C39H41F3N4O8/c1-23(2)18-29(45-38(52)30(19-24-10-6-4-7-11-24)44-33(47)16-17-34(48)53-3)37(51)46-31(20-25-12-8-5-9-13-25)36(50)43-26-14-15-27-28(39(40,41)42)22-35(49)54-32(27)21-26/h4-15,21-23,29-31H,16-20H2,1-3H3,(H,43,50)(H,44,47)(H,45,52)(H,46,51)/t29-,30-,31-/m0/s1. The van der Waals surface area contributed by atoms with Crippen molar-refractivity contribution in [3.05, 3.63) is 112 Å². The number of alkyl halides is 3. The minimum atomic E-state index is -4.83. The average Bonchev–Trinajstić information content (AvgIpc) is 3.12. The first-order valence-electron chi connectivity index (χ1n) is 17.1. The molecule has 4 amide bonds. The zero-order valence-electron chi connectivity index (χ0n) is 29.8. The highest BCUT2D eigenvalue weighted by Gasteiger charge is 2.34. The van der Waals surface area contributed by atoms with E-state index in [-0.39, 0.29) is 49.1 Å². The van der Waals surface area contributed by atoms with Gasteiger partial charge in [-0.05, 0) is 35.6 Å². The number of hydrogen-bond donors (Lipinski definition) is 4. The Bertz CT molecular complexity index is 2000. The molecule has 4 N–H and O–H groups in total. The van der Waals surface area contributed by atoms with Gasteiger partial charge in [-0.1, -0.05) is 74.5 Å². The average molecular weight is 751 g/mol. The Balaban J connectivity index is 1.57. The number of fused-ring (bicyclic) bond motifs is 1. The molecule has 286 valence electrons. The summed E-state index contributed by atoms with van der Waals surface area (Å²) in [5.74, 6) is -3.41. The van der Waals surface area contributed by atoms with Crippen LogP contribution in [0.3, 0.4) is 0 Å². The molecule has 3 atom stereocenters. The minimum absolute atomic E-state index is 0.000938. The number of methoxy groups -OCH3 is 1. The topological polar surface area (TPSA) is 173 Å². The number of rotatable bonds is 16. The van der Waals surface area contributed by atoms with Crippen LogP contribution in [-0.4, -0.2) is 54.8 Å². The van der Waals surface area contributed by atoms with E-state index >= 15 is 0 Å². The van der Waals surface area contributed by atoms with Crippen LogP contribution in [0, 0.1) is 5.92 Å². The number of carbonyl (C=O) groups excluding carboxylic acids is 5. The van der Waals surface area contributed by atoms with E-state index in [1.807, 2.05) is 13.8 Å². The first-order chi connectivity index (χ1) is 25.6. The number of amides is 4. The summed E-state index contributed by atoms with van der Waals surface area (Å²) in [6.07, 6.45) is -5.05. The fraction of sp³-hybridized carbons (Fsp3) is 0.333. The van der Waals surface area contributed by atoms with E-state index in [9.17, 15) is 41.9 Å². The van der Waals surface area contributed by atoms with Gasteiger partial charge in [-0.15, -0.1) is 0 Å². The zero-order chi connectivity index (χ0) is 39.4. The molecule has 0 radical (unpaired) electrons. The second-order valence-electron chi connectivity index (χ2n) is 13.0. The van der Waals surface area contributed by atoms with E-state index in [0.29, 0.717) is 11.6 Å². The number of hydrogen-bond acceptors (Lipinski definition) is 8. The van der Waals surface area contributed by atoms with E-state index in [1.54, 1.807) is 60.7 Å². The number of ether oxygens (including phenoxy) is 1. The summed E-state index contributed by atoms with van der Waals surface area (Å²) in [6, 6.07) is 17.8. The van der Waals surface area contributed by atoms with E-state index < -0.39 is 70.7 Å². The highest BCUT2D eigenvalue weighted by atomic mass is 19.4. The third-order valence-corrected chi connectivity index (χ3v) is 8.29. The SMILES string of the molecule is COC(=O)CCC(=O)N[C@@H](Cc1ccccc1)C(=O)N[C@@H](CC(C)C)C(=O)N[C@@H](Cc1ccccc1)C(=O)Nc1ccc2c(C(F)(F)F)cc(=O)oc2c1. The molecule has 4 aromatic rings. The van der Waals surface area contributed by atoms with Gasteiger partial charge in [0.25, 0.3) is 0 Å². The Kier molecular flexibility index (Phi) is 14.1. The Labute approximate surface area is 308 Å². The van der Waals surface area contributed by atoms with Gasteiger partial charge in [0, 0.05) is 42.5 Å². The highest BCUT2D eigenvalue weighted by molar-refractivity contribution is 6.00. The molecule has 0 saturated carbocycles. The molecule has 15 heteroatoms. The monoisotopic (exact) mass is 750 g/mol. The number of nitrogens with one attached hydrogen (secondary N) is 4. The lowest BCUT2D eigenvalue weighted by molar-refractivity contribution is -0.142. The number of halogens is 3. The van der Waals surface area contributed by atoms with Gasteiger partial charge in [0.2, 0.25) is 23.6 Å². The first kappa shape index (κ1) is 40.8. The third kappa shape index (κ3) is 12.0. The molecule has 0 bridgehead atoms. The molecule has 1 aromatic heterocycles. The molecule has 12 nitrogen and oxygen atoms in total. The normalized spacial score (nSPS) is 13.0. The van der Waals surface area contributed by atoms with Crippen molar-refractivity contribution < 1.29 is 46.3 Å². The fourth-order valence-electron chi connectivity index (χ4n) is 5.65. The first-order valence-corrected chi connectivity index (χ1v) is 17.1. The third-order valence-electron chi connectivity index (χ3n) is 8.29. The van der Waals surface area contributed by atoms with Crippen molar-refractivity contribution in [3.63, 3.8) is 0 Å². The van der Waals surface area contributed by atoms with Gasteiger partial charge >= 0.3 is 17.8 Å². The predicted octanol–water partition coefficient (Wildman–Crippen LogP) is 4.69. The lowest BCUT2D eigenvalue weighted by Crippen LogP contribution is -2.57. The quantitative estimate of drug-likeness (QED) is 0.0944. The maximum Gasteiger partial charge on any atom is 0.417 e. The molecule has 0 saturated heterocycles. The Morgan fingerprint density at radius 1 is 0.722 bits per heavy atom. The van der Waals surface area contributed by atoms with Crippen LogP contribution in [0.15, 0.2) is 94.1 Å². The zero-order valence-corrected chi connectivity index (χ0v) is 29.8. The van der Waals surface area contributed by atoms with Crippen molar-refractivity contribution in [1.82, 2.24) is 16.0 Å². The lowest BCUT2D eigenvalue weighted by Gasteiger charge is -2.26. The van der Waals surface area contributed by atoms with Gasteiger partial charge in [-0.25, -0.2) is 4.79 Å².